The zero-order chi connectivity index (χ0) is 25.2. The van der Waals surface area contributed by atoms with E-state index in [-0.39, 0.29) is 18.3 Å². The number of rotatable bonds is 11. The van der Waals surface area contributed by atoms with Crippen molar-refractivity contribution in [2.75, 3.05) is 40.4 Å². The number of nitrogens with one attached hydrogen (secondary N) is 1. The summed E-state index contributed by atoms with van der Waals surface area (Å²) in [7, 11) is 5.98. The molecule has 0 radical (unpaired) electrons. The molecule has 3 aromatic carbocycles. The minimum atomic E-state index is -0.309. The lowest BCUT2D eigenvalue weighted by atomic mass is 10.1. The normalized spacial score (nSPS) is 10.5. The first-order valence-electron chi connectivity index (χ1n) is 10.7. The molecule has 0 bridgehead atoms. The molecule has 35 heavy (non-hydrogen) atoms. The van der Waals surface area contributed by atoms with E-state index >= 15 is 0 Å². The van der Waals surface area contributed by atoms with Crippen molar-refractivity contribution in [2.24, 2.45) is 0 Å². The Morgan fingerprint density at radius 2 is 1.43 bits per heavy atom. The van der Waals surface area contributed by atoms with Crippen LogP contribution in [0, 0.1) is 0 Å². The van der Waals surface area contributed by atoms with E-state index in [2.05, 4.69) is 5.32 Å². The van der Waals surface area contributed by atoms with E-state index in [1.54, 1.807) is 48.5 Å². The average Bonchev–Trinajstić information content (AvgIpc) is 2.90. The summed E-state index contributed by atoms with van der Waals surface area (Å²) in [6, 6.07) is 17.4. The molecule has 0 spiro atoms. The Labute approximate surface area is 204 Å². The van der Waals surface area contributed by atoms with Gasteiger partial charge in [-0.25, -0.2) is 0 Å². The molecule has 3 rings (SSSR count). The SMILES string of the molecule is COc1ccc(/C=C/C(=O)c2cc(OC)c(OC)c(OC)c2)cc1OCC(=O)Nc1ccccc1. The van der Waals surface area contributed by atoms with Crippen LogP contribution in [0.25, 0.3) is 6.08 Å². The van der Waals surface area contributed by atoms with Crippen molar-refractivity contribution in [1.29, 1.82) is 0 Å². The van der Waals surface area contributed by atoms with Crippen LogP contribution in [0.15, 0.2) is 66.7 Å². The van der Waals surface area contributed by atoms with E-state index in [1.807, 2.05) is 18.2 Å². The van der Waals surface area contributed by atoms with E-state index < -0.39 is 0 Å². The van der Waals surface area contributed by atoms with E-state index in [0.717, 1.165) is 0 Å². The Kier molecular flexibility index (Phi) is 8.72. The maximum Gasteiger partial charge on any atom is 0.262 e. The van der Waals surface area contributed by atoms with E-state index in [1.165, 1.54) is 34.5 Å². The Bertz CT molecular complexity index is 1180. The smallest absolute Gasteiger partial charge is 0.262 e. The van der Waals surface area contributed by atoms with E-state index in [9.17, 15) is 9.59 Å². The minimum absolute atomic E-state index is 0.206. The molecule has 0 saturated heterocycles. The third-order valence-electron chi connectivity index (χ3n) is 4.98. The monoisotopic (exact) mass is 477 g/mol. The topological polar surface area (TPSA) is 92.3 Å². The highest BCUT2D eigenvalue weighted by molar-refractivity contribution is 6.07. The number of ketones is 1. The number of amides is 1. The molecule has 0 aliphatic rings. The van der Waals surface area contributed by atoms with Crippen LogP contribution in [-0.2, 0) is 4.79 Å². The Morgan fingerprint density at radius 3 is 2.03 bits per heavy atom. The molecular weight excluding hydrogens is 450 g/mol. The summed E-state index contributed by atoms with van der Waals surface area (Å²) in [5.41, 5.74) is 1.73. The van der Waals surface area contributed by atoms with E-state index in [4.69, 9.17) is 23.7 Å². The van der Waals surface area contributed by atoms with Gasteiger partial charge in [-0.2, -0.15) is 0 Å². The predicted octanol–water partition coefficient (Wildman–Crippen LogP) is 4.63. The van der Waals surface area contributed by atoms with Gasteiger partial charge in [0.15, 0.2) is 35.4 Å². The molecule has 0 unspecified atom stereocenters. The molecule has 8 nitrogen and oxygen atoms in total. The summed E-state index contributed by atoms with van der Waals surface area (Å²) in [6.45, 7) is -0.206. The fourth-order valence-corrected chi connectivity index (χ4v) is 3.26. The zero-order valence-corrected chi connectivity index (χ0v) is 20.0. The second-order valence-corrected chi connectivity index (χ2v) is 7.22. The number of hydrogen-bond acceptors (Lipinski definition) is 7. The Hall–Kier alpha value is -4.46. The highest BCUT2D eigenvalue weighted by atomic mass is 16.5. The fourth-order valence-electron chi connectivity index (χ4n) is 3.26. The first-order valence-corrected chi connectivity index (χ1v) is 10.7. The van der Waals surface area contributed by atoms with Crippen molar-refractivity contribution in [3.8, 4) is 28.7 Å². The molecule has 0 saturated carbocycles. The molecular formula is C27H27NO7. The maximum absolute atomic E-state index is 12.8. The molecule has 0 aromatic heterocycles. The molecule has 182 valence electrons. The molecule has 3 aromatic rings. The van der Waals surface area contributed by atoms with Crippen LogP contribution in [0.4, 0.5) is 5.69 Å². The minimum Gasteiger partial charge on any atom is -0.493 e. The van der Waals surface area contributed by atoms with E-state index in [0.29, 0.717) is 45.6 Å². The molecule has 1 amide bonds. The lowest BCUT2D eigenvalue weighted by Gasteiger charge is -2.13. The third-order valence-corrected chi connectivity index (χ3v) is 4.98. The highest BCUT2D eigenvalue weighted by Gasteiger charge is 2.16. The van der Waals surface area contributed by atoms with Gasteiger partial charge in [-0.15, -0.1) is 0 Å². The highest BCUT2D eigenvalue weighted by Crippen LogP contribution is 2.38. The molecule has 0 heterocycles. The second-order valence-electron chi connectivity index (χ2n) is 7.22. The molecule has 8 heteroatoms. The van der Waals surface area contributed by atoms with Crippen LogP contribution >= 0.6 is 0 Å². The number of hydrogen-bond donors (Lipinski definition) is 1. The molecule has 0 aliphatic heterocycles. The van der Waals surface area contributed by atoms with Crippen molar-refractivity contribution in [3.05, 3.63) is 77.9 Å². The van der Waals surface area contributed by atoms with Crippen LogP contribution in [0.3, 0.4) is 0 Å². The van der Waals surface area contributed by atoms with Crippen molar-refractivity contribution >= 4 is 23.5 Å². The zero-order valence-electron chi connectivity index (χ0n) is 20.0. The lowest BCUT2D eigenvalue weighted by molar-refractivity contribution is -0.118. The van der Waals surface area contributed by atoms with Gasteiger partial charge in [0.25, 0.3) is 5.91 Å². The van der Waals surface area contributed by atoms with Crippen LogP contribution in [0.5, 0.6) is 28.7 Å². The van der Waals surface area contributed by atoms with Gasteiger partial charge in [0.1, 0.15) is 0 Å². The van der Waals surface area contributed by atoms with Gasteiger partial charge in [-0.1, -0.05) is 30.3 Å². The van der Waals surface area contributed by atoms with Gasteiger partial charge < -0.3 is 29.0 Å². The van der Waals surface area contributed by atoms with Crippen molar-refractivity contribution in [2.45, 2.75) is 0 Å². The van der Waals surface area contributed by atoms with Crippen LogP contribution < -0.4 is 29.0 Å². The maximum atomic E-state index is 12.8. The van der Waals surface area contributed by atoms with Gasteiger partial charge in [0.2, 0.25) is 5.75 Å². The number of benzene rings is 3. The number of anilines is 1. The fraction of sp³-hybridized carbons (Fsp3) is 0.185. The van der Waals surface area contributed by atoms with Crippen LogP contribution in [-0.4, -0.2) is 46.7 Å². The quantitative estimate of drug-likeness (QED) is 0.318. The number of carbonyl (C=O) groups is 2. The second kappa shape index (κ2) is 12.1. The summed E-state index contributed by atoms with van der Waals surface area (Å²) < 4.78 is 26.9. The number of allylic oxidation sites excluding steroid dienone is 1. The third kappa shape index (κ3) is 6.54. The predicted molar refractivity (Wildman–Crippen MR) is 133 cm³/mol. The molecule has 0 fully saturated rings. The summed E-state index contributed by atoms with van der Waals surface area (Å²) >= 11 is 0. The van der Waals surface area contributed by atoms with Gasteiger partial charge >= 0.3 is 0 Å². The summed E-state index contributed by atoms with van der Waals surface area (Å²) in [6.07, 6.45) is 3.07. The summed E-state index contributed by atoms with van der Waals surface area (Å²) in [4.78, 5) is 25.0. The number of carbonyl (C=O) groups excluding carboxylic acids is 2. The number of para-hydroxylation sites is 1. The average molecular weight is 478 g/mol. The van der Waals surface area contributed by atoms with Gasteiger partial charge in [0.05, 0.1) is 28.4 Å². The molecule has 0 aliphatic carbocycles. The number of ether oxygens (including phenoxy) is 5. The van der Waals surface area contributed by atoms with Crippen molar-refractivity contribution in [3.63, 3.8) is 0 Å². The van der Waals surface area contributed by atoms with Gasteiger partial charge in [-0.05, 0) is 48.0 Å². The summed E-state index contributed by atoms with van der Waals surface area (Å²) in [5, 5.41) is 2.76. The van der Waals surface area contributed by atoms with Gasteiger partial charge in [-0.3, -0.25) is 9.59 Å². The Balaban J connectivity index is 1.73. The first-order chi connectivity index (χ1) is 17.0. The summed E-state index contributed by atoms with van der Waals surface area (Å²) in [5.74, 6) is 1.45. The van der Waals surface area contributed by atoms with Gasteiger partial charge in [0, 0.05) is 11.3 Å². The van der Waals surface area contributed by atoms with Crippen molar-refractivity contribution in [1.82, 2.24) is 0 Å². The lowest BCUT2D eigenvalue weighted by Crippen LogP contribution is -2.20. The standard InChI is InChI=1S/C27H27NO7/c1-31-22-13-11-18(14-23(22)35-17-26(30)28-20-8-6-5-7-9-20)10-12-21(29)19-15-24(32-2)27(34-4)25(16-19)33-3/h5-16H,17H2,1-4H3,(H,28,30)/b12-10+. The van der Waals surface area contributed by atoms with Crippen molar-refractivity contribution < 1.29 is 33.3 Å². The molecule has 1 N–H and O–H groups in total. The Morgan fingerprint density at radius 1 is 0.771 bits per heavy atom. The van der Waals surface area contributed by atoms with Crippen LogP contribution in [0.2, 0.25) is 0 Å². The largest absolute Gasteiger partial charge is 0.493 e. The molecule has 0 atom stereocenters. The first kappa shape index (κ1) is 25.2. The number of methoxy groups -OCH3 is 4. The van der Waals surface area contributed by atoms with Crippen LogP contribution in [0.1, 0.15) is 15.9 Å².